The number of aliphatic hydroxyl groups excluding tert-OH is 1. The van der Waals surface area contributed by atoms with E-state index in [1.54, 1.807) is 39.4 Å². The normalized spacial score (nSPS) is 10.1. The van der Waals surface area contributed by atoms with Gasteiger partial charge in [0.15, 0.2) is 6.29 Å². The number of benzene rings is 2. The van der Waals surface area contributed by atoms with E-state index in [-0.39, 0.29) is 5.76 Å². The summed E-state index contributed by atoms with van der Waals surface area (Å²) in [6.45, 7) is 9.99. The molecule has 0 aromatic heterocycles. The Labute approximate surface area is 152 Å². The fraction of sp³-hybridized carbons (Fsp3) is 0.318. The SMILES string of the molecule is C/C=C(/O)c1c(C)cccc1C=O.COC.Cc1ccc(C)c(C)c1. The van der Waals surface area contributed by atoms with Gasteiger partial charge in [0.05, 0.1) is 0 Å². The Balaban J connectivity index is 0.000000417. The number of hydrogen-bond acceptors (Lipinski definition) is 3. The van der Waals surface area contributed by atoms with Crippen molar-refractivity contribution in [2.24, 2.45) is 0 Å². The fourth-order valence-corrected chi connectivity index (χ4v) is 2.17. The topological polar surface area (TPSA) is 46.5 Å². The summed E-state index contributed by atoms with van der Waals surface area (Å²) in [4.78, 5) is 10.7. The van der Waals surface area contributed by atoms with Gasteiger partial charge in [0.25, 0.3) is 0 Å². The molecule has 3 nitrogen and oxygen atoms in total. The highest BCUT2D eigenvalue weighted by Gasteiger charge is 2.07. The lowest BCUT2D eigenvalue weighted by atomic mass is 10.0. The number of aliphatic hydroxyl groups is 1. The van der Waals surface area contributed by atoms with Gasteiger partial charge in [0.1, 0.15) is 5.76 Å². The summed E-state index contributed by atoms with van der Waals surface area (Å²) in [5.41, 5.74) is 6.16. The predicted molar refractivity (Wildman–Crippen MR) is 106 cm³/mol. The third-order valence-corrected chi connectivity index (χ3v) is 3.62. The number of allylic oxidation sites excluding steroid dienone is 1. The third kappa shape index (κ3) is 7.81. The van der Waals surface area contributed by atoms with Crippen LogP contribution in [0.5, 0.6) is 0 Å². The average Bonchev–Trinajstić information content (AvgIpc) is 2.58. The van der Waals surface area contributed by atoms with Gasteiger partial charge in [-0.05, 0) is 57.4 Å². The Morgan fingerprint density at radius 2 is 1.56 bits per heavy atom. The quantitative estimate of drug-likeness (QED) is 0.571. The van der Waals surface area contributed by atoms with Crippen molar-refractivity contribution in [3.8, 4) is 0 Å². The second kappa shape index (κ2) is 12.0. The minimum atomic E-state index is 0.153. The highest BCUT2D eigenvalue weighted by molar-refractivity contribution is 5.84. The Hall–Kier alpha value is -2.39. The van der Waals surface area contributed by atoms with Gasteiger partial charge in [0.2, 0.25) is 0 Å². The first kappa shape index (κ1) is 22.6. The van der Waals surface area contributed by atoms with Crippen LogP contribution in [-0.2, 0) is 4.74 Å². The van der Waals surface area contributed by atoms with Gasteiger partial charge in [0, 0.05) is 25.3 Å². The first-order valence-electron chi connectivity index (χ1n) is 8.16. The zero-order valence-electron chi connectivity index (χ0n) is 16.4. The molecule has 0 saturated carbocycles. The second-order valence-corrected chi connectivity index (χ2v) is 5.83. The molecule has 0 aliphatic carbocycles. The molecule has 0 radical (unpaired) electrons. The first-order valence-corrected chi connectivity index (χ1v) is 8.16. The van der Waals surface area contributed by atoms with E-state index in [2.05, 4.69) is 43.7 Å². The van der Waals surface area contributed by atoms with E-state index in [0.717, 1.165) is 11.8 Å². The maximum absolute atomic E-state index is 10.7. The molecular weight excluding hydrogens is 312 g/mol. The number of rotatable bonds is 2. The molecule has 0 unspecified atom stereocenters. The molecule has 0 atom stereocenters. The summed E-state index contributed by atoms with van der Waals surface area (Å²) < 4.78 is 4.25. The summed E-state index contributed by atoms with van der Waals surface area (Å²) in [5, 5.41) is 9.52. The molecule has 25 heavy (non-hydrogen) atoms. The van der Waals surface area contributed by atoms with Gasteiger partial charge in [-0.25, -0.2) is 0 Å². The minimum absolute atomic E-state index is 0.153. The number of ether oxygens (including phenoxy) is 1. The molecule has 0 saturated heterocycles. The van der Waals surface area contributed by atoms with Crippen molar-refractivity contribution in [1.82, 2.24) is 0 Å². The Morgan fingerprint density at radius 1 is 0.960 bits per heavy atom. The second-order valence-electron chi connectivity index (χ2n) is 5.83. The van der Waals surface area contributed by atoms with E-state index in [1.807, 2.05) is 13.0 Å². The fourth-order valence-electron chi connectivity index (χ4n) is 2.17. The predicted octanol–water partition coefficient (Wildman–Crippen LogP) is 5.60. The van der Waals surface area contributed by atoms with Gasteiger partial charge < -0.3 is 9.84 Å². The van der Waals surface area contributed by atoms with Crippen molar-refractivity contribution in [3.05, 3.63) is 75.9 Å². The third-order valence-electron chi connectivity index (χ3n) is 3.62. The summed E-state index contributed by atoms with van der Waals surface area (Å²) in [6.07, 6.45) is 2.33. The van der Waals surface area contributed by atoms with Crippen molar-refractivity contribution >= 4 is 12.0 Å². The molecule has 0 aliphatic heterocycles. The molecule has 136 valence electrons. The average molecular weight is 342 g/mol. The van der Waals surface area contributed by atoms with E-state index in [9.17, 15) is 9.90 Å². The summed E-state index contributed by atoms with van der Waals surface area (Å²) in [5.74, 6) is 0.153. The van der Waals surface area contributed by atoms with Crippen LogP contribution in [0.4, 0.5) is 0 Å². The number of carbonyl (C=O) groups excluding carboxylic acids is 1. The zero-order chi connectivity index (χ0) is 19.4. The number of aryl methyl sites for hydroxylation is 4. The van der Waals surface area contributed by atoms with Crippen molar-refractivity contribution in [2.45, 2.75) is 34.6 Å². The molecule has 2 aromatic rings. The van der Waals surface area contributed by atoms with Gasteiger partial charge in [-0.1, -0.05) is 42.0 Å². The molecule has 2 rings (SSSR count). The summed E-state index contributed by atoms with van der Waals surface area (Å²) in [6, 6.07) is 11.9. The van der Waals surface area contributed by atoms with Crippen LogP contribution in [0.2, 0.25) is 0 Å². The number of aldehydes is 1. The Kier molecular flexibility index (Phi) is 10.9. The van der Waals surface area contributed by atoms with Crippen molar-refractivity contribution in [3.63, 3.8) is 0 Å². The van der Waals surface area contributed by atoms with Gasteiger partial charge in [-0.15, -0.1) is 0 Å². The van der Waals surface area contributed by atoms with Crippen LogP contribution in [0.3, 0.4) is 0 Å². The van der Waals surface area contributed by atoms with Crippen LogP contribution >= 0.6 is 0 Å². The van der Waals surface area contributed by atoms with Crippen LogP contribution in [0.15, 0.2) is 42.5 Å². The molecule has 1 N–H and O–H groups in total. The van der Waals surface area contributed by atoms with Gasteiger partial charge >= 0.3 is 0 Å². The maximum atomic E-state index is 10.7. The first-order chi connectivity index (χ1) is 11.8. The molecule has 0 aliphatic rings. The molecule has 0 spiro atoms. The van der Waals surface area contributed by atoms with E-state index in [4.69, 9.17) is 0 Å². The maximum Gasteiger partial charge on any atom is 0.150 e. The van der Waals surface area contributed by atoms with Crippen molar-refractivity contribution in [2.75, 3.05) is 14.2 Å². The Bertz CT molecular complexity index is 700. The van der Waals surface area contributed by atoms with Crippen molar-refractivity contribution < 1.29 is 14.6 Å². The number of methoxy groups -OCH3 is 1. The molecular formula is C22H30O3. The van der Waals surface area contributed by atoms with E-state index < -0.39 is 0 Å². The molecule has 0 amide bonds. The number of carbonyl (C=O) groups is 1. The standard InChI is InChI=1S/C11H12O2.C9H12.C2H6O/c1-3-10(13)11-8(2)5-4-6-9(11)7-12;1-7-4-5-8(2)9(3)6-7;1-3-2/h3-7,13H,1-2H3;4-6H,1-3H3;1-2H3/b10-3+;;. The minimum Gasteiger partial charge on any atom is -0.508 e. The molecule has 0 bridgehead atoms. The van der Waals surface area contributed by atoms with Crippen LogP contribution < -0.4 is 0 Å². The monoisotopic (exact) mass is 342 g/mol. The highest BCUT2D eigenvalue weighted by atomic mass is 16.4. The van der Waals surface area contributed by atoms with Crippen LogP contribution in [0.25, 0.3) is 5.76 Å². The lowest BCUT2D eigenvalue weighted by Crippen LogP contribution is -1.94. The Morgan fingerprint density at radius 3 is 2.00 bits per heavy atom. The summed E-state index contributed by atoms with van der Waals surface area (Å²) >= 11 is 0. The lowest BCUT2D eigenvalue weighted by molar-refractivity contribution is 0.112. The molecule has 0 heterocycles. The van der Waals surface area contributed by atoms with Crippen LogP contribution in [0.1, 0.15) is 45.1 Å². The highest BCUT2D eigenvalue weighted by Crippen LogP contribution is 2.19. The van der Waals surface area contributed by atoms with E-state index in [0.29, 0.717) is 11.1 Å². The van der Waals surface area contributed by atoms with Crippen molar-refractivity contribution in [1.29, 1.82) is 0 Å². The zero-order valence-corrected chi connectivity index (χ0v) is 16.4. The molecule has 0 fully saturated rings. The summed E-state index contributed by atoms with van der Waals surface area (Å²) in [7, 11) is 3.25. The largest absolute Gasteiger partial charge is 0.508 e. The molecule has 2 aromatic carbocycles. The van der Waals surface area contributed by atoms with E-state index >= 15 is 0 Å². The van der Waals surface area contributed by atoms with Crippen LogP contribution in [-0.4, -0.2) is 25.6 Å². The lowest BCUT2D eigenvalue weighted by Gasteiger charge is -2.06. The van der Waals surface area contributed by atoms with E-state index in [1.165, 1.54) is 16.7 Å². The van der Waals surface area contributed by atoms with Gasteiger partial charge in [-0.3, -0.25) is 4.79 Å². The smallest absolute Gasteiger partial charge is 0.150 e. The van der Waals surface area contributed by atoms with Crippen LogP contribution in [0, 0.1) is 27.7 Å². The number of hydrogen-bond donors (Lipinski definition) is 1. The molecule has 3 heteroatoms. The van der Waals surface area contributed by atoms with Gasteiger partial charge in [-0.2, -0.15) is 0 Å².